The molecule has 2 N–H and O–H groups in total. The number of hydrogen-bond acceptors (Lipinski definition) is 4. The average Bonchev–Trinajstić information content (AvgIpc) is 3.38. The number of benzene rings is 1. The predicted molar refractivity (Wildman–Crippen MR) is 98.3 cm³/mol. The summed E-state index contributed by atoms with van der Waals surface area (Å²) in [5.74, 6) is -0.327. The maximum Gasteiger partial charge on any atom is 0.246 e. The summed E-state index contributed by atoms with van der Waals surface area (Å²) < 4.78 is 13.6. The van der Waals surface area contributed by atoms with Crippen molar-refractivity contribution in [3.05, 3.63) is 30.1 Å². The summed E-state index contributed by atoms with van der Waals surface area (Å²) in [5.41, 5.74) is -0.227. The Kier molecular flexibility index (Phi) is 5.46. The number of nitrogens with zero attached hydrogens (tertiary/aromatic N) is 2. The zero-order valence-electron chi connectivity index (χ0n) is 15.4. The minimum absolute atomic E-state index is 0.0519. The lowest BCUT2D eigenvalue weighted by Crippen LogP contribution is -2.59. The van der Waals surface area contributed by atoms with E-state index in [1.807, 2.05) is 19.0 Å². The molecular formula is C19H27FN4O2. The lowest BCUT2D eigenvalue weighted by molar-refractivity contribution is -0.136. The predicted octanol–water partition coefficient (Wildman–Crippen LogP) is 1.44. The minimum atomic E-state index is -0.814. The van der Waals surface area contributed by atoms with Crippen LogP contribution < -0.4 is 10.6 Å². The molecule has 1 aromatic rings. The summed E-state index contributed by atoms with van der Waals surface area (Å²) in [5, 5.41) is 6.34. The van der Waals surface area contributed by atoms with Gasteiger partial charge in [0.25, 0.3) is 0 Å². The van der Waals surface area contributed by atoms with E-state index in [0.717, 1.165) is 12.8 Å². The van der Waals surface area contributed by atoms with Crippen LogP contribution in [0.25, 0.3) is 0 Å². The number of rotatable bonds is 6. The first kappa shape index (κ1) is 18.6. The highest BCUT2D eigenvalue weighted by Gasteiger charge is 2.44. The number of carbonyl (C=O) groups is 2. The Morgan fingerprint density at radius 1 is 1.27 bits per heavy atom. The molecule has 7 heteroatoms. The highest BCUT2D eigenvalue weighted by Crippen LogP contribution is 2.30. The van der Waals surface area contributed by atoms with Crippen molar-refractivity contribution in [1.29, 1.82) is 0 Å². The number of halogens is 1. The zero-order valence-corrected chi connectivity index (χ0v) is 15.4. The van der Waals surface area contributed by atoms with Gasteiger partial charge in [-0.2, -0.15) is 0 Å². The van der Waals surface area contributed by atoms with Crippen LogP contribution in [0.2, 0.25) is 0 Å². The van der Waals surface area contributed by atoms with Crippen LogP contribution in [-0.2, 0) is 9.59 Å². The van der Waals surface area contributed by atoms with Crippen molar-refractivity contribution in [3.8, 4) is 0 Å². The molecule has 0 spiro atoms. The summed E-state index contributed by atoms with van der Waals surface area (Å²) in [6.45, 7) is 1.37. The molecule has 1 aliphatic carbocycles. The lowest BCUT2D eigenvalue weighted by atomic mass is 9.85. The van der Waals surface area contributed by atoms with Gasteiger partial charge in [0.15, 0.2) is 0 Å². The van der Waals surface area contributed by atoms with Gasteiger partial charge in [0.05, 0.1) is 6.54 Å². The fraction of sp³-hybridized carbons (Fsp3) is 0.579. The molecular weight excluding hydrogens is 335 g/mol. The van der Waals surface area contributed by atoms with E-state index in [0.29, 0.717) is 38.2 Å². The number of anilines is 1. The second kappa shape index (κ2) is 7.61. The van der Waals surface area contributed by atoms with E-state index in [1.54, 1.807) is 17.0 Å². The van der Waals surface area contributed by atoms with Crippen molar-refractivity contribution in [2.24, 2.45) is 0 Å². The minimum Gasteiger partial charge on any atom is -0.371 e. The normalized spacial score (nSPS) is 19.3. The summed E-state index contributed by atoms with van der Waals surface area (Å²) in [6, 6.07) is 6.42. The van der Waals surface area contributed by atoms with E-state index in [2.05, 4.69) is 10.6 Å². The van der Waals surface area contributed by atoms with Gasteiger partial charge in [-0.25, -0.2) is 4.39 Å². The molecule has 1 saturated carbocycles. The van der Waals surface area contributed by atoms with E-state index in [9.17, 15) is 14.0 Å². The molecule has 26 heavy (non-hydrogen) atoms. The van der Waals surface area contributed by atoms with Crippen molar-refractivity contribution in [2.45, 2.75) is 37.3 Å². The molecule has 3 rings (SSSR count). The molecule has 1 heterocycles. The largest absolute Gasteiger partial charge is 0.371 e. The highest BCUT2D eigenvalue weighted by atomic mass is 19.1. The van der Waals surface area contributed by atoms with Crippen molar-refractivity contribution in [1.82, 2.24) is 15.1 Å². The monoisotopic (exact) mass is 362 g/mol. The molecule has 6 nitrogen and oxygen atoms in total. The Hall–Kier alpha value is -2.15. The van der Waals surface area contributed by atoms with Gasteiger partial charge >= 0.3 is 0 Å². The van der Waals surface area contributed by atoms with Crippen LogP contribution in [0.4, 0.5) is 10.1 Å². The number of carbonyl (C=O) groups excluding carboxylic acids is 2. The fourth-order valence-corrected chi connectivity index (χ4v) is 3.31. The first-order chi connectivity index (χ1) is 12.4. The third-order valence-corrected chi connectivity index (χ3v) is 4.98. The number of piperidine rings is 1. The lowest BCUT2D eigenvalue weighted by Gasteiger charge is -2.42. The van der Waals surface area contributed by atoms with Gasteiger partial charge in [-0.15, -0.1) is 0 Å². The molecule has 2 amide bonds. The van der Waals surface area contributed by atoms with Crippen LogP contribution in [0.3, 0.4) is 0 Å². The van der Waals surface area contributed by atoms with Crippen LogP contribution in [0.5, 0.6) is 0 Å². The Morgan fingerprint density at radius 3 is 2.54 bits per heavy atom. The molecule has 142 valence electrons. The molecule has 0 radical (unpaired) electrons. The fourth-order valence-electron chi connectivity index (χ4n) is 3.31. The molecule has 1 saturated heterocycles. The van der Waals surface area contributed by atoms with E-state index >= 15 is 0 Å². The van der Waals surface area contributed by atoms with Gasteiger partial charge in [0, 0.05) is 24.8 Å². The van der Waals surface area contributed by atoms with Crippen molar-refractivity contribution in [2.75, 3.05) is 39.0 Å². The molecule has 0 atom stereocenters. The Morgan fingerprint density at radius 2 is 1.96 bits per heavy atom. The molecule has 2 fully saturated rings. The van der Waals surface area contributed by atoms with E-state index in [-0.39, 0.29) is 23.7 Å². The van der Waals surface area contributed by atoms with Crippen molar-refractivity contribution in [3.63, 3.8) is 0 Å². The SMILES string of the molecule is CN(C)CC(=O)N1CCC(Nc2cccc(F)c2)(C(=O)NC2CC2)CC1. The van der Waals surface area contributed by atoms with Crippen LogP contribution in [0.1, 0.15) is 25.7 Å². The van der Waals surface area contributed by atoms with Crippen molar-refractivity contribution >= 4 is 17.5 Å². The third kappa shape index (κ3) is 4.52. The zero-order chi connectivity index (χ0) is 18.7. The first-order valence-electron chi connectivity index (χ1n) is 9.15. The van der Waals surface area contributed by atoms with Gasteiger partial charge in [-0.1, -0.05) is 6.07 Å². The third-order valence-electron chi connectivity index (χ3n) is 4.98. The van der Waals surface area contributed by atoms with Gasteiger partial charge in [0.1, 0.15) is 11.4 Å². The second-order valence-electron chi connectivity index (χ2n) is 7.58. The number of nitrogens with one attached hydrogen (secondary N) is 2. The Bertz CT molecular complexity index is 667. The summed E-state index contributed by atoms with van der Waals surface area (Å²) in [4.78, 5) is 28.9. The number of likely N-dealkylation sites (N-methyl/N-ethyl adjacent to an activating group) is 1. The maximum atomic E-state index is 13.6. The van der Waals surface area contributed by atoms with E-state index < -0.39 is 5.54 Å². The Balaban J connectivity index is 1.72. The first-order valence-corrected chi connectivity index (χ1v) is 9.15. The van der Waals surface area contributed by atoms with E-state index in [1.165, 1.54) is 12.1 Å². The molecule has 2 aliphatic rings. The molecule has 0 bridgehead atoms. The summed E-state index contributed by atoms with van der Waals surface area (Å²) in [7, 11) is 3.72. The maximum absolute atomic E-state index is 13.6. The van der Waals surface area contributed by atoms with Crippen LogP contribution >= 0.6 is 0 Å². The second-order valence-corrected chi connectivity index (χ2v) is 7.58. The standard InChI is InChI=1S/C19H27FN4O2/c1-23(2)13-17(25)24-10-8-19(9-11-24,18(26)21-15-6-7-15)22-16-5-3-4-14(20)12-16/h3-5,12,15,22H,6-11,13H2,1-2H3,(H,21,26). The van der Waals surface area contributed by atoms with Gasteiger partial charge in [0.2, 0.25) is 11.8 Å². The summed E-state index contributed by atoms with van der Waals surface area (Å²) >= 11 is 0. The molecule has 1 aliphatic heterocycles. The van der Waals surface area contributed by atoms with Gasteiger partial charge in [-0.05, 0) is 58.0 Å². The number of likely N-dealkylation sites (tertiary alicyclic amines) is 1. The van der Waals surface area contributed by atoms with Gasteiger partial charge < -0.3 is 20.4 Å². The van der Waals surface area contributed by atoms with E-state index in [4.69, 9.17) is 0 Å². The molecule has 1 aromatic carbocycles. The Labute approximate surface area is 153 Å². The van der Waals surface area contributed by atoms with Crippen molar-refractivity contribution < 1.29 is 14.0 Å². The number of hydrogen-bond donors (Lipinski definition) is 2. The van der Waals surface area contributed by atoms with Crippen LogP contribution in [0, 0.1) is 5.82 Å². The smallest absolute Gasteiger partial charge is 0.246 e. The average molecular weight is 362 g/mol. The van der Waals surface area contributed by atoms with Crippen LogP contribution in [-0.4, -0.2) is 66.9 Å². The van der Waals surface area contributed by atoms with Gasteiger partial charge in [-0.3, -0.25) is 9.59 Å². The molecule has 0 aromatic heterocycles. The molecule has 0 unspecified atom stereocenters. The van der Waals surface area contributed by atoms with Crippen LogP contribution in [0.15, 0.2) is 24.3 Å². The quantitative estimate of drug-likeness (QED) is 0.804. The summed E-state index contributed by atoms with van der Waals surface area (Å²) in [6.07, 6.45) is 3.02. The highest BCUT2D eigenvalue weighted by molar-refractivity contribution is 5.90. The number of amides is 2. The topological polar surface area (TPSA) is 64.7 Å².